The third kappa shape index (κ3) is 4.78. The van der Waals surface area contributed by atoms with Gasteiger partial charge in [-0.1, -0.05) is 44.6 Å². The summed E-state index contributed by atoms with van der Waals surface area (Å²) >= 11 is 0. The Kier molecular flexibility index (Phi) is 6.39. The minimum absolute atomic E-state index is 0.184. The number of nitro benzene ring substituents is 1. The molecule has 4 nitrogen and oxygen atoms in total. The molecular formula is C16H24N2O2. The fourth-order valence-corrected chi connectivity index (χ4v) is 1.96. The number of nitrogens with zero attached hydrogens (tertiary/aromatic N) is 1. The van der Waals surface area contributed by atoms with Crippen LogP contribution in [0.25, 0.3) is 6.08 Å². The predicted octanol–water partition coefficient (Wildman–Crippen LogP) is 3.94. The third-order valence-electron chi connectivity index (χ3n) is 3.28. The zero-order valence-corrected chi connectivity index (χ0v) is 12.8. The maximum atomic E-state index is 11.0. The summed E-state index contributed by atoms with van der Waals surface area (Å²) in [6, 6.07) is 5.39. The highest BCUT2D eigenvalue weighted by Crippen LogP contribution is 2.22. The molecule has 0 heterocycles. The summed E-state index contributed by atoms with van der Waals surface area (Å²) in [5, 5.41) is 14.4. The summed E-state index contributed by atoms with van der Waals surface area (Å²) < 4.78 is 0. The van der Waals surface area contributed by atoms with E-state index in [9.17, 15) is 10.1 Å². The predicted molar refractivity (Wildman–Crippen MR) is 83.8 cm³/mol. The lowest BCUT2D eigenvalue weighted by Crippen LogP contribution is -2.19. The average molecular weight is 276 g/mol. The van der Waals surface area contributed by atoms with Gasteiger partial charge in [-0.3, -0.25) is 10.1 Å². The van der Waals surface area contributed by atoms with Crippen LogP contribution in [0.3, 0.4) is 0 Å². The van der Waals surface area contributed by atoms with Gasteiger partial charge in [0, 0.05) is 18.2 Å². The van der Waals surface area contributed by atoms with E-state index in [1.54, 1.807) is 19.1 Å². The lowest BCUT2D eigenvalue weighted by atomic mass is 9.99. The molecule has 0 radical (unpaired) electrons. The lowest BCUT2D eigenvalue weighted by molar-refractivity contribution is -0.385. The molecule has 0 aliphatic carbocycles. The van der Waals surface area contributed by atoms with E-state index in [4.69, 9.17) is 0 Å². The Morgan fingerprint density at radius 2 is 2.15 bits per heavy atom. The SMILES string of the molecule is CCCNCC(=Cc1ccc(C)c([N+](=O)[O-])c1)C(C)C. The smallest absolute Gasteiger partial charge is 0.272 e. The van der Waals surface area contributed by atoms with Crippen molar-refractivity contribution < 1.29 is 4.92 Å². The van der Waals surface area contributed by atoms with Crippen molar-refractivity contribution in [3.05, 3.63) is 45.0 Å². The van der Waals surface area contributed by atoms with Crippen LogP contribution in [-0.2, 0) is 0 Å². The minimum Gasteiger partial charge on any atom is -0.313 e. The maximum Gasteiger partial charge on any atom is 0.272 e. The van der Waals surface area contributed by atoms with E-state index in [-0.39, 0.29) is 10.6 Å². The molecule has 0 saturated carbocycles. The summed E-state index contributed by atoms with van der Waals surface area (Å²) in [5.41, 5.74) is 3.03. The molecule has 0 atom stereocenters. The number of hydrogen-bond acceptors (Lipinski definition) is 3. The Balaban J connectivity index is 2.98. The van der Waals surface area contributed by atoms with Crippen LogP contribution in [0.1, 0.15) is 38.3 Å². The van der Waals surface area contributed by atoms with E-state index in [1.807, 2.05) is 6.07 Å². The number of hydrogen-bond donors (Lipinski definition) is 1. The van der Waals surface area contributed by atoms with Gasteiger partial charge >= 0.3 is 0 Å². The van der Waals surface area contributed by atoms with Gasteiger partial charge < -0.3 is 5.32 Å². The molecule has 1 aromatic rings. The molecule has 1 rings (SSSR count). The molecule has 0 saturated heterocycles. The monoisotopic (exact) mass is 276 g/mol. The van der Waals surface area contributed by atoms with Crippen LogP contribution in [0.5, 0.6) is 0 Å². The van der Waals surface area contributed by atoms with Crippen molar-refractivity contribution in [2.45, 2.75) is 34.1 Å². The molecule has 0 fully saturated rings. The molecule has 110 valence electrons. The van der Waals surface area contributed by atoms with Gasteiger partial charge in [0.05, 0.1) is 4.92 Å². The van der Waals surface area contributed by atoms with E-state index in [1.165, 1.54) is 5.57 Å². The van der Waals surface area contributed by atoms with Crippen LogP contribution in [0.2, 0.25) is 0 Å². The number of nitro groups is 1. The Bertz CT molecular complexity index is 493. The Morgan fingerprint density at radius 3 is 2.70 bits per heavy atom. The van der Waals surface area contributed by atoms with E-state index in [0.717, 1.165) is 25.1 Å². The van der Waals surface area contributed by atoms with Crippen molar-refractivity contribution in [2.24, 2.45) is 5.92 Å². The van der Waals surface area contributed by atoms with Crippen LogP contribution in [0.15, 0.2) is 23.8 Å². The van der Waals surface area contributed by atoms with Gasteiger partial charge in [0.1, 0.15) is 0 Å². The largest absolute Gasteiger partial charge is 0.313 e. The molecule has 0 bridgehead atoms. The number of aryl methyl sites for hydroxylation is 1. The highest BCUT2D eigenvalue weighted by Gasteiger charge is 2.11. The second-order valence-corrected chi connectivity index (χ2v) is 5.35. The van der Waals surface area contributed by atoms with Crippen molar-refractivity contribution in [1.29, 1.82) is 0 Å². The van der Waals surface area contributed by atoms with E-state index in [2.05, 4.69) is 32.2 Å². The standard InChI is InChI=1S/C16H24N2O2/c1-5-8-17-11-15(12(2)3)9-14-7-6-13(4)16(10-14)18(19)20/h6-7,9-10,12,17H,5,8,11H2,1-4H3. The molecule has 0 spiro atoms. The van der Waals surface area contributed by atoms with Crippen molar-refractivity contribution in [3.8, 4) is 0 Å². The van der Waals surface area contributed by atoms with Crippen molar-refractivity contribution >= 4 is 11.8 Å². The summed E-state index contributed by atoms with van der Waals surface area (Å²) in [5.74, 6) is 0.416. The van der Waals surface area contributed by atoms with Crippen LogP contribution in [0, 0.1) is 23.0 Å². The zero-order valence-electron chi connectivity index (χ0n) is 12.8. The first-order valence-corrected chi connectivity index (χ1v) is 7.12. The van der Waals surface area contributed by atoms with Gasteiger partial charge in [-0.2, -0.15) is 0 Å². The fourth-order valence-electron chi connectivity index (χ4n) is 1.96. The molecule has 0 aromatic heterocycles. The number of benzene rings is 1. The number of rotatable bonds is 7. The van der Waals surface area contributed by atoms with Crippen LogP contribution < -0.4 is 5.32 Å². The highest BCUT2D eigenvalue weighted by molar-refractivity contribution is 5.58. The lowest BCUT2D eigenvalue weighted by Gasteiger charge is -2.12. The second-order valence-electron chi connectivity index (χ2n) is 5.35. The normalized spacial score (nSPS) is 11.9. The second kappa shape index (κ2) is 7.80. The Morgan fingerprint density at radius 1 is 1.45 bits per heavy atom. The Hall–Kier alpha value is -1.68. The van der Waals surface area contributed by atoms with Gasteiger partial charge in [-0.25, -0.2) is 0 Å². The molecule has 0 aliphatic rings. The molecule has 1 aromatic carbocycles. The van der Waals surface area contributed by atoms with E-state index < -0.39 is 0 Å². The summed E-state index contributed by atoms with van der Waals surface area (Å²) in [4.78, 5) is 10.7. The first-order valence-electron chi connectivity index (χ1n) is 7.12. The minimum atomic E-state index is -0.322. The Labute approximate surface area is 121 Å². The van der Waals surface area contributed by atoms with Gasteiger partial charge in [0.15, 0.2) is 0 Å². The van der Waals surface area contributed by atoms with Crippen molar-refractivity contribution in [3.63, 3.8) is 0 Å². The van der Waals surface area contributed by atoms with Gasteiger partial charge in [-0.15, -0.1) is 0 Å². The molecular weight excluding hydrogens is 252 g/mol. The summed E-state index contributed by atoms with van der Waals surface area (Å²) in [7, 11) is 0. The molecule has 1 N–H and O–H groups in total. The van der Waals surface area contributed by atoms with Crippen LogP contribution in [-0.4, -0.2) is 18.0 Å². The van der Waals surface area contributed by atoms with E-state index in [0.29, 0.717) is 11.5 Å². The highest BCUT2D eigenvalue weighted by atomic mass is 16.6. The van der Waals surface area contributed by atoms with Crippen molar-refractivity contribution in [2.75, 3.05) is 13.1 Å². The first kappa shape index (κ1) is 16.4. The average Bonchev–Trinajstić information content (AvgIpc) is 2.39. The summed E-state index contributed by atoms with van der Waals surface area (Å²) in [6.45, 7) is 9.99. The summed E-state index contributed by atoms with van der Waals surface area (Å²) in [6.07, 6.45) is 3.15. The van der Waals surface area contributed by atoms with Gasteiger partial charge in [-0.05, 0) is 31.4 Å². The maximum absolute atomic E-state index is 11.0. The quantitative estimate of drug-likeness (QED) is 0.466. The van der Waals surface area contributed by atoms with Gasteiger partial charge in [0.25, 0.3) is 5.69 Å². The molecule has 0 aliphatic heterocycles. The number of nitrogens with one attached hydrogen (secondary N) is 1. The topological polar surface area (TPSA) is 55.2 Å². The third-order valence-corrected chi connectivity index (χ3v) is 3.28. The van der Waals surface area contributed by atoms with Gasteiger partial charge in [0.2, 0.25) is 0 Å². The first-order chi connectivity index (χ1) is 9.45. The van der Waals surface area contributed by atoms with Crippen LogP contribution >= 0.6 is 0 Å². The van der Waals surface area contributed by atoms with Crippen LogP contribution in [0.4, 0.5) is 5.69 Å². The van der Waals surface area contributed by atoms with E-state index >= 15 is 0 Å². The molecule has 0 amide bonds. The van der Waals surface area contributed by atoms with Crippen molar-refractivity contribution in [1.82, 2.24) is 5.32 Å². The molecule has 4 heteroatoms. The zero-order chi connectivity index (χ0) is 15.1. The molecule has 0 unspecified atom stereocenters. The molecule has 20 heavy (non-hydrogen) atoms. The fraction of sp³-hybridized carbons (Fsp3) is 0.500.